The highest BCUT2D eigenvalue weighted by Crippen LogP contribution is 2.25. The number of epoxide rings is 1. The molecule has 0 amide bonds. The van der Waals surface area contributed by atoms with E-state index in [1.165, 1.54) is 0 Å². The molecule has 1 unspecified atom stereocenters. The Morgan fingerprint density at radius 1 is 1.21 bits per heavy atom. The van der Waals surface area contributed by atoms with Gasteiger partial charge in [0.05, 0.1) is 19.8 Å². The molecule has 1 aliphatic rings. The van der Waals surface area contributed by atoms with Crippen LogP contribution < -0.4 is 0 Å². The normalized spacial score (nSPS) is 21.2. The molecule has 0 bridgehead atoms. The molecule has 1 saturated heterocycles. The van der Waals surface area contributed by atoms with Gasteiger partial charge in [-0.05, 0) is 6.42 Å². The second-order valence-electron chi connectivity index (χ2n) is 3.79. The molecule has 1 heterocycles. The Morgan fingerprint density at radius 3 is 2.14 bits per heavy atom. The molecule has 1 rings (SSSR count). The molecule has 0 aromatic heterocycles. The maximum atomic E-state index is 5.53. The first kappa shape index (κ1) is 11.9. The molecule has 0 aromatic carbocycles. The molecule has 0 radical (unpaired) electrons. The molecule has 84 valence electrons. The van der Waals surface area contributed by atoms with Crippen LogP contribution in [0.4, 0.5) is 0 Å². The third-order valence-corrected chi connectivity index (χ3v) is 2.53. The van der Waals surface area contributed by atoms with Gasteiger partial charge in [-0.3, -0.25) is 0 Å². The standard InChI is InChI=1S/C10H20O4/c1-4-10(6-11-2,7-12-3)8-14-9-5-13-9/h9H,4-8H2,1-3H3. The minimum Gasteiger partial charge on any atom is -0.384 e. The molecular formula is C10H20O4. The first-order chi connectivity index (χ1) is 6.76. The summed E-state index contributed by atoms with van der Waals surface area (Å²) in [6, 6.07) is 0. The summed E-state index contributed by atoms with van der Waals surface area (Å²) in [4.78, 5) is 0. The summed E-state index contributed by atoms with van der Waals surface area (Å²) in [5, 5.41) is 0. The lowest BCUT2D eigenvalue weighted by Crippen LogP contribution is -2.36. The number of hydrogen-bond acceptors (Lipinski definition) is 4. The van der Waals surface area contributed by atoms with E-state index in [-0.39, 0.29) is 11.7 Å². The fourth-order valence-electron chi connectivity index (χ4n) is 1.45. The summed E-state index contributed by atoms with van der Waals surface area (Å²) in [6.07, 6.45) is 0.983. The predicted molar refractivity (Wildman–Crippen MR) is 52.2 cm³/mol. The minimum atomic E-state index is -0.0323. The third kappa shape index (κ3) is 3.53. The highest BCUT2D eigenvalue weighted by Gasteiger charge is 2.33. The lowest BCUT2D eigenvalue weighted by molar-refractivity contribution is -0.0729. The van der Waals surface area contributed by atoms with E-state index in [9.17, 15) is 0 Å². The van der Waals surface area contributed by atoms with Gasteiger partial charge in [-0.15, -0.1) is 0 Å². The SMILES string of the molecule is CCC(COC)(COC)COC1CO1. The van der Waals surface area contributed by atoms with Gasteiger partial charge in [-0.25, -0.2) is 0 Å². The van der Waals surface area contributed by atoms with Crippen molar-refractivity contribution in [1.29, 1.82) is 0 Å². The van der Waals surface area contributed by atoms with Gasteiger partial charge in [0, 0.05) is 19.6 Å². The maximum Gasteiger partial charge on any atom is 0.181 e. The zero-order valence-corrected chi connectivity index (χ0v) is 9.25. The number of hydrogen-bond donors (Lipinski definition) is 0. The smallest absolute Gasteiger partial charge is 0.181 e. The molecule has 0 aromatic rings. The molecule has 1 fully saturated rings. The first-order valence-corrected chi connectivity index (χ1v) is 4.97. The molecule has 0 N–H and O–H groups in total. The summed E-state index contributed by atoms with van der Waals surface area (Å²) in [5.74, 6) is 0. The van der Waals surface area contributed by atoms with Gasteiger partial charge in [0.25, 0.3) is 0 Å². The minimum absolute atomic E-state index is 0.00892. The molecular weight excluding hydrogens is 184 g/mol. The third-order valence-electron chi connectivity index (χ3n) is 2.53. The monoisotopic (exact) mass is 204 g/mol. The predicted octanol–water partition coefficient (Wildman–Crippen LogP) is 1.05. The molecule has 0 aliphatic carbocycles. The number of methoxy groups -OCH3 is 2. The number of rotatable bonds is 8. The van der Waals surface area contributed by atoms with Gasteiger partial charge < -0.3 is 18.9 Å². The van der Waals surface area contributed by atoms with Gasteiger partial charge in [-0.1, -0.05) is 6.92 Å². The van der Waals surface area contributed by atoms with E-state index in [2.05, 4.69) is 6.92 Å². The van der Waals surface area contributed by atoms with Crippen LogP contribution in [0.25, 0.3) is 0 Å². The Morgan fingerprint density at radius 2 is 1.79 bits per heavy atom. The van der Waals surface area contributed by atoms with E-state index in [1.807, 2.05) is 0 Å². The summed E-state index contributed by atoms with van der Waals surface area (Å²) < 4.78 is 20.9. The van der Waals surface area contributed by atoms with Gasteiger partial charge in [0.15, 0.2) is 6.29 Å². The Bertz CT molecular complexity index is 150. The van der Waals surface area contributed by atoms with Crippen molar-refractivity contribution >= 4 is 0 Å². The second-order valence-corrected chi connectivity index (χ2v) is 3.79. The molecule has 0 saturated carbocycles. The molecule has 1 aliphatic heterocycles. The van der Waals surface area contributed by atoms with Crippen molar-refractivity contribution in [3.05, 3.63) is 0 Å². The van der Waals surface area contributed by atoms with E-state index in [1.54, 1.807) is 14.2 Å². The summed E-state index contributed by atoms with van der Waals surface area (Å²) in [5.41, 5.74) is -0.0323. The van der Waals surface area contributed by atoms with Gasteiger partial charge in [0.2, 0.25) is 0 Å². The van der Waals surface area contributed by atoms with E-state index in [4.69, 9.17) is 18.9 Å². The maximum absolute atomic E-state index is 5.53. The van der Waals surface area contributed by atoms with E-state index < -0.39 is 0 Å². The molecule has 4 heteroatoms. The largest absolute Gasteiger partial charge is 0.384 e. The van der Waals surface area contributed by atoms with Crippen LogP contribution in [0, 0.1) is 5.41 Å². The highest BCUT2D eigenvalue weighted by molar-refractivity contribution is 4.78. The second kappa shape index (κ2) is 5.66. The van der Waals surface area contributed by atoms with Crippen LogP contribution in [0.5, 0.6) is 0 Å². The first-order valence-electron chi connectivity index (χ1n) is 4.97. The zero-order valence-electron chi connectivity index (χ0n) is 9.25. The molecule has 0 spiro atoms. The van der Waals surface area contributed by atoms with Gasteiger partial charge >= 0.3 is 0 Å². The van der Waals surface area contributed by atoms with Gasteiger partial charge in [0.1, 0.15) is 6.61 Å². The summed E-state index contributed by atoms with van der Waals surface area (Å²) >= 11 is 0. The zero-order chi connectivity index (χ0) is 10.4. The van der Waals surface area contributed by atoms with Crippen LogP contribution in [0.3, 0.4) is 0 Å². The van der Waals surface area contributed by atoms with Crippen LogP contribution >= 0.6 is 0 Å². The van der Waals surface area contributed by atoms with Crippen LogP contribution in [-0.4, -0.2) is 46.9 Å². The Hall–Kier alpha value is -0.160. The topological polar surface area (TPSA) is 40.2 Å². The highest BCUT2D eigenvalue weighted by atomic mass is 16.8. The summed E-state index contributed by atoms with van der Waals surface area (Å²) in [7, 11) is 3.40. The Labute approximate surface area is 85.5 Å². The van der Waals surface area contributed by atoms with Gasteiger partial charge in [-0.2, -0.15) is 0 Å². The quantitative estimate of drug-likeness (QED) is 0.554. The van der Waals surface area contributed by atoms with E-state index in [0.29, 0.717) is 19.8 Å². The molecule has 4 nitrogen and oxygen atoms in total. The van der Waals surface area contributed by atoms with Crippen LogP contribution in [0.2, 0.25) is 0 Å². The van der Waals surface area contributed by atoms with Crippen molar-refractivity contribution in [2.75, 3.05) is 40.6 Å². The average molecular weight is 204 g/mol. The molecule has 14 heavy (non-hydrogen) atoms. The Balaban J connectivity index is 2.37. The van der Waals surface area contributed by atoms with Crippen molar-refractivity contribution in [3.63, 3.8) is 0 Å². The molecule has 1 atom stereocenters. The lowest BCUT2D eigenvalue weighted by Gasteiger charge is -2.30. The van der Waals surface area contributed by atoms with Crippen molar-refractivity contribution in [2.45, 2.75) is 19.6 Å². The number of ether oxygens (including phenoxy) is 4. The van der Waals surface area contributed by atoms with Crippen molar-refractivity contribution in [1.82, 2.24) is 0 Å². The van der Waals surface area contributed by atoms with Crippen LogP contribution in [0.1, 0.15) is 13.3 Å². The van der Waals surface area contributed by atoms with E-state index >= 15 is 0 Å². The average Bonchev–Trinajstić information content (AvgIpc) is 2.98. The van der Waals surface area contributed by atoms with Crippen LogP contribution in [0.15, 0.2) is 0 Å². The van der Waals surface area contributed by atoms with Crippen LogP contribution in [-0.2, 0) is 18.9 Å². The fourth-order valence-corrected chi connectivity index (χ4v) is 1.45. The van der Waals surface area contributed by atoms with Crippen molar-refractivity contribution < 1.29 is 18.9 Å². The van der Waals surface area contributed by atoms with Crippen molar-refractivity contribution in [3.8, 4) is 0 Å². The fraction of sp³-hybridized carbons (Fsp3) is 1.00. The summed E-state index contributed by atoms with van der Waals surface area (Å²) in [6.45, 7) is 4.79. The Kier molecular flexibility index (Phi) is 4.81. The van der Waals surface area contributed by atoms with Crippen molar-refractivity contribution in [2.24, 2.45) is 5.41 Å². The lowest BCUT2D eigenvalue weighted by atomic mass is 9.88. The van der Waals surface area contributed by atoms with E-state index in [0.717, 1.165) is 13.0 Å².